The first-order valence-electron chi connectivity index (χ1n) is 14.0. The summed E-state index contributed by atoms with van der Waals surface area (Å²) in [4.78, 5) is 29.5. The molecule has 1 unspecified atom stereocenters. The Labute approximate surface area is 244 Å². The third-order valence-corrected chi connectivity index (χ3v) is 7.08. The van der Waals surface area contributed by atoms with E-state index in [0.29, 0.717) is 57.3 Å². The Hall–Kier alpha value is -3.79. The molecule has 1 aromatic carbocycles. The molecule has 1 atom stereocenters. The summed E-state index contributed by atoms with van der Waals surface area (Å²) in [7, 11) is 3.83. The van der Waals surface area contributed by atoms with Crippen molar-refractivity contribution in [3.8, 4) is 12.1 Å². The van der Waals surface area contributed by atoms with Crippen LogP contribution >= 0.6 is 0 Å². The lowest BCUT2D eigenvalue weighted by Crippen LogP contribution is -2.56. The van der Waals surface area contributed by atoms with Gasteiger partial charge in [0, 0.05) is 44.0 Å². The molecule has 1 saturated heterocycles. The number of nitrogens with zero attached hydrogens (tertiary/aromatic N) is 7. The molecule has 2 aliphatic heterocycles. The van der Waals surface area contributed by atoms with E-state index >= 15 is 0 Å². The average molecular weight is 590 g/mol. The monoisotopic (exact) mass is 589 g/mol. The third kappa shape index (κ3) is 7.53. The summed E-state index contributed by atoms with van der Waals surface area (Å²) in [6.07, 6.45) is -4.43. The van der Waals surface area contributed by atoms with E-state index in [9.17, 15) is 23.2 Å². The predicted molar refractivity (Wildman–Crippen MR) is 151 cm³/mol. The first-order valence-corrected chi connectivity index (χ1v) is 14.0. The van der Waals surface area contributed by atoms with E-state index in [-0.39, 0.29) is 24.7 Å². The number of halogens is 3. The van der Waals surface area contributed by atoms with Gasteiger partial charge in [0.2, 0.25) is 0 Å². The second-order valence-corrected chi connectivity index (χ2v) is 11.7. The number of piperazine rings is 1. The molecular weight excluding hydrogens is 551 g/mol. The van der Waals surface area contributed by atoms with Gasteiger partial charge in [0.15, 0.2) is 0 Å². The van der Waals surface area contributed by atoms with Crippen molar-refractivity contribution in [2.75, 3.05) is 63.2 Å². The zero-order valence-electron chi connectivity index (χ0n) is 24.7. The van der Waals surface area contributed by atoms with Crippen LogP contribution in [-0.2, 0) is 23.9 Å². The Bertz CT molecular complexity index is 1310. The van der Waals surface area contributed by atoms with Gasteiger partial charge in [-0.2, -0.15) is 28.4 Å². The highest BCUT2D eigenvalue weighted by molar-refractivity contribution is 5.69. The number of ether oxygens (including phenoxy) is 2. The fourth-order valence-electron chi connectivity index (χ4n) is 5.12. The minimum Gasteiger partial charge on any atom is -0.462 e. The van der Waals surface area contributed by atoms with Crippen molar-refractivity contribution < 1.29 is 27.4 Å². The molecule has 1 fully saturated rings. The quantitative estimate of drug-likeness (QED) is 0.467. The van der Waals surface area contributed by atoms with Gasteiger partial charge in [-0.05, 0) is 53.4 Å². The molecule has 4 rings (SSSR count). The van der Waals surface area contributed by atoms with Gasteiger partial charge in [0.25, 0.3) is 0 Å². The van der Waals surface area contributed by atoms with E-state index in [0.717, 1.165) is 11.6 Å². The molecule has 1 aromatic heterocycles. The highest BCUT2D eigenvalue weighted by atomic mass is 19.4. The van der Waals surface area contributed by atoms with E-state index in [2.05, 4.69) is 11.1 Å². The lowest BCUT2D eigenvalue weighted by atomic mass is 10.0. The van der Waals surface area contributed by atoms with Gasteiger partial charge < -0.3 is 29.1 Å². The first-order chi connectivity index (χ1) is 19.8. The minimum atomic E-state index is -4.49. The molecule has 1 amide bonds. The molecule has 0 aliphatic carbocycles. The highest BCUT2D eigenvalue weighted by Crippen LogP contribution is 2.39. The lowest BCUT2D eigenvalue weighted by Gasteiger charge is -2.42. The summed E-state index contributed by atoms with van der Waals surface area (Å²) in [6.45, 7) is 7.93. The molecule has 0 spiro atoms. The summed E-state index contributed by atoms with van der Waals surface area (Å²) in [6, 6.07) is 7.44. The summed E-state index contributed by atoms with van der Waals surface area (Å²) in [5, 5.41) is 9.52. The van der Waals surface area contributed by atoms with Gasteiger partial charge in [-0.15, -0.1) is 0 Å². The van der Waals surface area contributed by atoms with Gasteiger partial charge in [0.1, 0.15) is 18.0 Å². The van der Waals surface area contributed by atoms with Crippen LogP contribution in [0.5, 0.6) is 6.01 Å². The van der Waals surface area contributed by atoms with Crippen molar-refractivity contribution in [3.05, 3.63) is 41.1 Å². The second kappa shape index (κ2) is 12.6. The number of nitriles is 1. The van der Waals surface area contributed by atoms with Crippen molar-refractivity contribution in [1.29, 1.82) is 5.26 Å². The number of rotatable bonds is 7. The lowest BCUT2D eigenvalue weighted by molar-refractivity contribution is -0.137. The van der Waals surface area contributed by atoms with Crippen LogP contribution in [0.1, 0.15) is 44.0 Å². The van der Waals surface area contributed by atoms with E-state index in [1.807, 2.05) is 23.9 Å². The molecule has 228 valence electrons. The third-order valence-electron chi connectivity index (χ3n) is 7.08. The average Bonchev–Trinajstić information content (AvgIpc) is 2.91. The van der Waals surface area contributed by atoms with Gasteiger partial charge >= 0.3 is 18.3 Å². The molecule has 0 bridgehead atoms. The summed E-state index contributed by atoms with van der Waals surface area (Å²) < 4.78 is 52.9. The van der Waals surface area contributed by atoms with E-state index < -0.39 is 29.5 Å². The number of likely N-dealkylation sites (N-methyl/N-ethyl adjacent to an activating group) is 1. The number of amides is 1. The van der Waals surface area contributed by atoms with Crippen molar-refractivity contribution in [2.45, 2.75) is 58.0 Å². The van der Waals surface area contributed by atoms with Crippen LogP contribution in [0.3, 0.4) is 0 Å². The fraction of sp³-hybridized carbons (Fsp3) is 0.586. The molecular formula is C29H38F3N7O3. The van der Waals surface area contributed by atoms with Crippen molar-refractivity contribution in [1.82, 2.24) is 19.8 Å². The molecule has 0 radical (unpaired) electrons. The van der Waals surface area contributed by atoms with Crippen molar-refractivity contribution in [2.24, 2.45) is 0 Å². The maximum Gasteiger partial charge on any atom is 0.418 e. The number of hydrogen-bond donors (Lipinski definition) is 0. The zero-order valence-corrected chi connectivity index (χ0v) is 24.7. The van der Waals surface area contributed by atoms with Crippen molar-refractivity contribution in [3.63, 3.8) is 0 Å². The van der Waals surface area contributed by atoms with Crippen LogP contribution in [0.25, 0.3) is 0 Å². The SMILES string of the molecule is CN(C)CCOc1nc2c(c(N3CCN(C(=O)OC(C)(C)C)C(CC#N)C3)n1)CCN(c1ccccc1C(F)(F)F)C2. The predicted octanol–water partition coefficient (Wildman–Crippen LogP) is 4.34. The molecule has 3 heterocycles. The zero-order chi connectivity index (χ0) is 30.7. The van der Waals surface area contributed by atoms with Crippen LogP contribution in [-0.4, -0.2) is 90.9 Å². The molecule has 2 aromatic rings. The van der Waals surface area contributed by atoms with Gasteiger partial charge in [-0.1, -0.05) is 12.1 Å². The van der Waals surface area contributed by atoms with Crippen LogP contribution in [0, 0.1) is 11.3 Å². The number of fused-ring (bicyclic) bond motifs is 1. The molecule has 0 saturated carbocycles. The fourth-order valence-corrected chi connectivity index (χ4v) is 5.12. The highest BCUT2D eigenvalue weighted by Gasteiger charge is 2.38. The maximum atomic E-state index is 13.8. The minimum absolute atomic E-state index is 0.103. The maximum absolute atomic E-state index is 13.8. The molecule has 2 aliphatic rings. The Morgan fingerprint density at radius 1 is 1.12 bits per heavy atom. The largest absolute Gasteiger partial charge is 0.462 e. The smallest absolute Gasteiger partial charge is 0.418 e. The standard InChI is InChI=1S/C29H38F3N7O3/c1-28(2,3)42-27(40)39-15-14-38(18-20(39)10-12-33)25-21-11-13-37(24-9-7-6-8-22(24)29(30,31)32)19-23(21)34-26(35-25)41-17-16-36(4)5/h6-9,20H,10-11,13-19H2,1-5H3. The van der Waals surface area contributed by atoms with Gasteiger partial charge in [0.05, 0.1) is 36.3 Å². The number of para-hydroxylation sites is 1. The van der Waals surface area contributed by atoms with E-state index in [1.54, 1.807) is 36.6 Å². The Kier molecular flexibility index (Phi) is 9.35. The van der Waals surface area contributed by atoms with Crippen LogP contribution in [0.15, 0.2) is 24.3 Å². The molecule has 42 heavy (non-hydrogen) atoms. The first kappa shape index (κ1) is 31.2. The number of benzene rings is 1. The molecule has 0 N–H and O–H groups in total. The normalized spacial score (nSPS) is 17.6. The number of carbonyl (C=O) groups is 1. The number of anilines is 2. The molecule has 10 nitrogen and oxygen atoms in total. The van der Waals surface area contributed by atoms with Gasteiger partial charge in [-0.25, -0.2) is 4.79 Å². The van der Waals surface area contributed by atoms with Crippen LogP contribution < -0.4 is 14.5 Å². The van der Waals surface area contributed by atoms with Crippen molar-refractivity contribution >= 4 is 17.6 Å². The van der Waals surface area contributed by atoms with Gasteiger partial charge in [-0.3, -0.25) is 0 Å². The summed E-state index contributed by atoms with van der Waals surface area (Å²) >= 11 is 0. The van der Waals surface area contributed by atoms with Crippen LogP contribution in [0.4, 0.5) is 29.5 Å². The summed E-state index contributed by atoms with van der Waals surface area (Å²) in [5.41, 5.74) is 0.160. The molecule has 13 heteroatoms. The number of hydrogen-bond acceptors (Lipinski definition) is 9. The van der Waals surface area contributed by atoms with Crippen LogP contribution in [0.2, 0.25) is 0 Å². The Balaban J connectivity index is 1.66. The number of alkyl halides is 3. The second-order valence-electron chi connectivity index (χ2n) is 11.7. The van der Waals surface area contributed by atoms with E-state index in [1.165, 1.54) is 12.1 Å². The Morgan fingerprint density at radius 3 is 2.52 bits per heavy atom. The topological polar surface area (TPSA) is 98.1 Å². The van der Waals surface area contributed by atoms with E-state index in [4.69, 9.17) is 14.5 Å². The number of aromatic nitrogens is 2. The summed E-state index contributed by atoms with van der Waals surface area (Å²) in [5.74, 6) is 0.621. The number of carbonyl (C=O) groups excluding carboxylic acids is 1. The Morgan fingerprint density at radius 2 is 1.86 bits per heavy atom.